The van der Waals surface area contributed by atoms with Gasteiger partial charge in [-0.15, -0.1) is 0 Å². The fourth-order valence-electron chi connectivity index (χ4n) is 3.09. The molecule has 0 N–H and O–H groups in total. The number of benzene rings is 1. The predicted molar refractivity (Wildman–Crippen MR) is 91.2 cm³/mol. The highest BCUT2D eigenvalue weighted by atomic mass is 16.5. The highest BCUT2D eigenvalue weighted by Gasteiger charge is 2.31. The molecule has 1 aromatic heterocycles. The van der Waals surface area contributed by atoms with Crippen LogP contribution in [-0.4, -0.2) is 17.6 Å². The summed E-state index contributed by atoms with van der Waals surface area (Å²) in [6.07, 6.45) is 0. The van der Waals surface area contributed by atoms with Gasteiger partial charge in [0.25, 0.3) is 0 Å². The number of hydrogen-bond acceptors (Lipinski definition) is 3. The summed E-state index contributed by atoms with van der Waals surface area (Å²) in [6.45, 7) is 13.8. The van der Waals surface area contributed by atoms with Gasteiger partial charge in [-0.05, 0) is 58.7 Å². The molecule has 1 atom stereocenters. The van der Waals surface area contributed by atoms with Crippen molar-refractivity contribution in [1.29, 1.82) is 0 Å². The maximum atomic E-state index is 6.22. The zero-order valence-corrected chi connectivity index (χ0v) is 14.3. The van der Waals surface area contributed by atoms with E-state index in [1.54, 1.807) is 0 Å². The van der Waals surface area contributed by atoms with Gasteiger partial charge in [-0.1, -0.05) is 17.7 Å². The third-order valence-corrected chi connectivity index (χ3v) is 4.30. The summed E-state index contributed by atoms with van der Waals surface area (Å²) in [5, 5.41) is 0. The highest BCUT2D eigenvalue weighted by molar-refractivity contribution is 5.63. The van der Waals surface area contributed by atoms with Gasteiger partial charge in [0.1, 0.15) is 5.75 Å². The Balaban J connectivity index is 2.01. The molecule has 2 heterocycles. The largest absolute Gasteiger partial charge is 0.438 e. The van der Waals surface area contributed by atoms with E-state index in [-0.39, 0.29) is 0 Å². The lowest BCUT2D eigenvalue weighted by Gasteiger charge is -2.17. The molecule has 1 fully saturated rings. The van der Waals surface area contributed by atoms with Gasteiger partial charge in [0.05, 0.1) is 0 Å². The van der Waals surface area contributed by atoms with Crippen LogP contribution in [0.3, 0.4) is 0 Å². The predicted octanol–water partition coefficient (Wildman–Crippen LogP) is 4.62. The Kier molecular flexibility index (Phi) is 3.59. The van der Waals surface area contributed by atoms with Crippen molar-refractivity contribution in [3.8, 4) is 11.6 Å². The summed E-state index contributed by atoms with van der Waals surface area (Å²) in [7, 11) is 0. The minimum atomic E-state index is 0.621. The van der Waals surface area contributed by atoms with Crippen LogP contribution in [0.1, 0.15) is 34.9 Å². The zero-order chi connectivity index (χ0) is 16.0. The van der Waals surface area contributed by atoms with Crippen LogP contribution >= 0.6 is 0 Å². The first-order valence-corrected chi connectivity index (χ1v) is 7.87. The van der Waals surface area contributed by atoms with Crippen molar-refractivity contribution in [1.82, 2.24) is 4.98 Å². The maximum Gasteiger partial charge on any atom is 0.224 e. The molecule has 0 radical (unpaired) electrons. The summed E-state index contributed by atoms with van der Waals surface area (Å²) >= 11 is 0. The van der Waals surface area contributed by atoms with E-state index in [4.69, 9.17) is 4.74 Å². The number of ether oxygens (including phenoxy) is 1. The van der Waals surface area contributed by atoms with Crippen molar-refractivity contribution in [3.63, 3.8) is 0 Å². The Hall–Kier alpha value is -2.03. The van der Waals surface area contributed by atoms with Crippen LogP contribution in [0.4, 0.5) is 5.69 Å². The van der Waals surface area contributed by atoms with Gasteiger partial charge < -0.3 is 9.64 Å². The summed E-state index contributed by atoms with van der Waals surface area (Å²) in [5.41, 5.74) is 6.93. The molecule has 1 unspecified atom stereocenters. The lowest BCUT2D eigenvalue weighted by atomic mass is 10.1. The first kappa shape index (κ1) is 14.9. The Bertz CT molecular complexity index is 713. The Morgan fingerprint density at radius 3 is 2.18 bits per heavy atom. The van der Waals surface area contributed by atoms with E-state index in [0.717, 1.165) is 40.6 Å². The fraction of sp³-hybridized carbons (Fsp3) is 0.421. The van der Waals surface area contributed by atoms with E-state index in [1.807, 2.05) is 6.92 Å². The van der Waals surface area contributed by atoms with Gasteiger partial charge in [-0.25, -0.2) is 4.98 Å². The van der Waals surface area contributed by atoms with Crippen LogP contribution in [0.2, 0.25) is 0 Å². The quantitative estimate of drug-likeness (QED) is 0.772. The molecule has 22 heavy (non-hydrogen) atoms. The summed E-state index contributed by atoms with van der Waals surface area (Å²) in [5.74, 6) is 1.65. The first-order chi connectivity index (χ1) is 10.4. The smallest absolute Gasteiger partial charge is 0.224 e. The van der Waals surface area contributed by atoms with Crippen molar-refractivity contribution in [2.75, 3.05) is 11.4 Å². The molecule has 1 aromatic carbocycles. The van der Waals surface area contributed by atoms with E-state index < -0.39 is 0 Å². The molecule has 116 valence electrons. The number of rotatable bonds is 3. The van der Waals surface area contributed by atoms with Crippen molar-refractivity contribution in [2.24, 2.45) is 0 Å². The number of aryl methyl sites for hydroxylation is 4. The second-order valence-electron chi connectivity index (χ2n) is 6.54. The normalized spacial score (nSPS) is 16.8. The third kappa shape index (κ3) is 2.68. The van der Waals surface area contributed by atoms with E-state index in [2.05, 4.69) is 62.7 Å². The van der Waals surface area contributed by atoms with Gasteiger partial charge in [-0.2, -0.15) is 0 Å². The molecular weight excluding hydrogens is 272 g/mol. The first-order valence-electron chi connectivity index (χ1n) is 7.87. The van der Waals surface area contributed by atoms with Crippen molar-refractivity contribution >= 4 is 5.69 Å². The van der Waals surface area contributed by atoms with Crippen LogP contribution < -0.4 is 9.64 Å². The SMILES string of the molecule is Cc1cc(C)c(Oc2nc(C)cc(N3CC3C)c2C)c(C)c1. The fourth-order valence-corrected chi connectivity index (χ4v) is 3.09. The van der Waals surface area contributed by atoms with Gasteiger partial charge in [0.15, 0.2) is 0 Å². The minimum Gasteiger partial charge on any atom is -0.438 e. The highest BCUT2D eigenvalue weighted by Crippen LogP contribution is 2.37. The van der Waals surface area contributed by atoms with Crippen LogP contribution in [0.25, 0.3) is 0 Å². The number of nitrogens with zero attached hydrogens (tertiary/aromatic N) is 2. The molecular formula is C19H24N2O. The van der Waals surface area contributed by atoms with E-state index in [9.17, 15) is 0 Å². The Labute approximate surface area is 132 Å². The average Bonchev–Trinajstić information content (AvgIpc) is 3.14. The molecule has 1 aliphatic heterocycles. The van der Waals surface area contributed by atoms with Gasteiger partial charge in [0.2, 0.25) is 5.88 Å². The molecule has 0 amide bonds. The van der Waals surface area contributed by atoms with Gasteiger partial charge in [0, 0.05) is 29.5 Å². The maximum absolute atomic E-state index is 6.22. The number of hydrogen-bond donors (Lipinski definition) is 0. The third-order valence-electron chi connectivity index (χ3n) is 4.30. The van der Waals surface area contributed by atoms with E-state index in [0.29, 0.717) is 6.04 Å². The van der Waals surface area contributed by atoms with Crippen molar-refractivity contribution in [3.05, 3.63) is 46.1 Å². The Morgan fingerprint density at radius 1 is 1.05 bits per heavy atom. The Morgan fingerprint density at radius 2 is 1.64 bits per heavy atom. The summed E-state index contributed by atoms with van der Waals surface area (Å²) in [6, 6.07) is 7.08. The second-order valence-corrected chi connectivity index (χ2v) is 6.54. The monoisotopic (exact) mass is 296 g/mol. The van der Waals surface area contributed by atoms with Gasteiger partial charge >= 0.3 is 0 Å². The molecule has 1 aliphatic rings. The number of anilines is 1. The van der Waals surface area contributed by atoms with Crippen LogP contribution in [0, 0.1) is 34.6 Å². The van der Waals surface area contributed by atoms with E-state index >= 15 is 0 Å². The minimum absolute atomic E-state index is 0.621. The lowest BCUT2D eigenvalue weighted by molar-refractivity contribution is 0.451. The number of aromatic nitrogens is 1. The van der Waals surface area contributed by atoms with Crippen LogP contribution in [-0.2, 0) is 0 Å². The molecule has 0 aliphatic carbocycles. The number of pyridine rings is 1. The summed E-state index contributed by atoms with van der Waals surface area (Å²) in [4.78, 5) is 7.00. The van der Waals surface area contributed by atoms with Gasteiger partial charge in [-0.3, -0.25) is 0 Å². The van der Waals surface area contributed by atoms with E-state index in [1.165, 1.54) is 11.3 Å². The van der Waals surface area contributed by atoms with Crippen molar-refractivity contribution in [2.45, 2.75) is 47.6 Å². The average molecular weight is 296 g/mol. The molecule has 3 nitrogen and oxygen atoms in total. The second kappa shape index (κ2) is 5.31. The van der Waals surface area contributed by atoms with Crippen molar-refractivity contribution < 1.29 is 4.74 Å². The molecule has 1 saturated heterocycles. The molecule has 0 saturated carbocycles. The molecule has 0 bridgehead atoms. The topological polar surface area (TPSA) is 25.1 Å². The molecule has 0 spiro atoms. The zero-order valence-electron chi connectivity index (χ0n) is 14.3. The molecule has 3 rings (SSSR count). The lowest BCUT2D eigenvalue weighted by Crippen LogP contribution is -2.03. The molecule has 3 heteroatoms. The molecule has 2 aromatic rings. The van der Waals surface area contributed by atoms with Crippen LogP contribution in [0.5, 0.6) is 11.6 Å². The summed E-state index contributed by atoms with van der Waals surface area (Å²) < 4.78 is 6.22. The standard InChI is InChI=1S/C19H24N2O/c1-11-7-12(2)18(13(3)8-11)22-19-16(6)17(9-14(4)20-19)21-10-15(21)5/h7-9,15H,10H2,1-6H3. The van der Waals surface area contributed by atoms with Crippen LogP contribution in [0.15, 0.2) is 18.2 Å².